The molecule has 1 saturated heterocycles. The maximum absolute atomic E-state index is 12.3. The smallest absolute Gasteiger partial charge is 0.242 e. The zero-order chi connectivity index (χ0) is 15.5. The van der Waals surface area contributed by atoms with Gasteiger partial charge in [-0.1, -0.05) is 23.2 Å². The molecule has 1 aromatic rings. The van der Waals surface area contributed by atoms with Crippen molar-refractivity contribution in [1.82, 2.24) is 9.62 Å². The van der Waals surface area contributed by atoms with Crippen molar-refractivity contribution in [3.8, 4) is 0 Å². The van der Waals surface area contributed by atoms with Crippen molar-refractivity contribution in [2.45, 2.75) is 24.3 Å². The second-order valence-corrected chi connectivity index (χ2v) is 7.57. The molecule has 1 heterocycles. The van der Waals surface area contributed by atoms with Crippen LogP contribution >= 0.6 is 23.2 Å². The van der Waals surface area contributed by atoms with E-state index in [0.29, 0.717) is 23.7 Å². The predicted octanol–water partition coefficient (Wildman–Crippen LogP) is 1.83. The Morgan fingerprint density at radius 1 is 1.19 bits per heavy atom. The van der Waals surface area contributed by atoms with E-state index in [-0.39, 0.29) is 16.5 Å². The topological polar surface area (TPSA) is 75.4 Å². The van der Waals surface area contributed by atoms with Crippen LogP contribution in [0.1, 0.15) is 18.4 Å². The van der Waals surface area contributed by atoms with Gasteiger partial charge >= 0.3 is 0 Å². The number of sulfonamides is 1. The van der Waals surface area contributed by atoms with E-state index in [0.717, 1.165) is 13.1 Å². The number of hydrogen-bond donors (Lipinski definition) is 2. The zero-order valence-electron chi connectivity index (χ0n) is 11.6. The molecule has 8 heteroatoms. The average molecular weight is 352 g/mol. The van der Waals surface area contributed by atoms with E-state index >= 15 is 0 Å². The van der Waals surface area contributed by atoms with Crippen LogP contribution in [-0.4, -0.2) is 39.5 Å². The Hall–Kier alpha value is -0.370. The summed E-state index contributed by atoms with van der Waals surface area (Å²) < 4.78 is 27.2. The second kappa shape index (κ2) is 7.26. The Bertz CT molecular complexity index is 602. The van der Waals surface area contributed by atoms with Gasteiger partial charge in [0.15, 0.2) is 0 Å². The highest BCUT2D eigenvalue weighted by Crippen LogP contribution is 2.28. The molecule has 5 nitrogen and oxygen atoms in total. The molecule has 0 aliphatic carbocycles. The van der Waals surface area contributed by atoms with Crippen molar-refractivity contribution in [3.63, 3.8) is 0 Å². The predicted molar refractivity (Wildman–Crippen MR) is 85.2 cm³/mol. The van der Waals surface area contributed by atoms with E-state index in [9.17, 15) is 8.42 Å². The van der Waals surface area contributed by atoms with Gasteiger partial charge in [-0.15, -0.1) is 0 Å². The summed E-state index contributed by atoms with van der Waals surface area (Å²) in [6.45, 7) is 3.28. The Labute approximate surface area is 135 Å². The number of rotatable bonds is 6. The summed E-state index contributed by atoms with van der Waals surface area (Å²) in [5.41, 5.74) is 6.10. The number of nitrogens with one attached hydrogen (secondary N) is 1. The molecule has 0 saturated carbocycles. The van der Waals surface area contributed by atoms with Crippen LogP contribution in [0.4, 0.5) is 0 Å². The van der Waals surface area contributed by atoms with Crippen LogP contribution in [0.3, 0.4) is 0 Å². The zero-order valence-corrected chi connectivity index (χ0v) is 13.9. The number of halogens is 2. The van der Waals surface area contributed by atoms with Crippen molar-refractivity contribution < 1.29 is 8.42 Å². The minimum Gasteiger partial charge on any atom is -0.326 e. The Kier molecular flexibility index (Phi) is 5.88. The van der Waals surface area contributed by atoms with Gasteiger partial charge in [-0.25, -0.2) is 13.1 Å². The number of nitrogens with two attached hydrogens (primary N) is 1. The Morgan fingerprint density at radius 3 is 2.48 bits per heavy atom. The second-order valence-electron chi connectivity index (χ2n) is 5.02. The summed E-state index contributed by atoms with van der Waals surface area (Å²) in [5, 5.41) is 0.476. The molecule has 0 amide bonds. The molecular formula is C13H19Cl2N3O2S. The van der Waals surface area contributed by atoms with Gasteiger partial charge in [0.2, 0.25) is 10.0 Å². The summed E-state index contributed by atoms with van der Waals surface area (Å²) in [5.74, 6) is 0. The van der Waals surface area contributed by atoms with Gasteiger partial charge in [0.25, 0.3) is 0 Å². The van der Waals surface area contributed by atoms with Gasteiger partial charge in [0, 0.05) is 24.7 Å². The third kappa shape index (κ3) is 4.31. The van der Waals surface area contributed by atoms with Crippen LogP contribution in [0, 0.1) is 0 Å². The van der Waals surface area contributed by atoms with Crippen LogP contribution in [-0.2, 0) is 16.6 Å². The SMILES string of the molecule is NCc1cc(S(=O)(=O)NCCN2CCCC2)c(Cl)cc1Cl. The molecule has 0 spiro atoms. The molecule has 1 aliphatic rings. The van der Waals surface area contributed by atoms with Gasteiger partial charge < -0.3 is 10.6 Å². The highest BCUT2D eigenvalue weighted by molar-refractivity contribution is 7.89. The number of likely N-dealkylation sites (tertiary alicyclic amines) is 1. The lowest BCUT2D eigenvalue weighted by molar-refractivity contribution is 0.344. The lowest BCUT2D eigenvalue weighted by Gasteiger charge is -2.15. The van der Waals surface area contributed by atoms with E-state index in [1.807, 2.05) is 0 Å². The first-order chi connectivity index (χ1) is 9.94. The molecule has 0 bridgehead atoms. The van der Waals surface area contributed by atoms with E-state index in [1.165, 1.54) is 25.0 Å². The van der Waals surface area contributed by atoms with Gasteiger partial charge in [-0.3, -0.25) is 0 Å². The fourth-order valence-corrected chi connectivity index (χ4v) is 4.25. The number of benzene rings is 1. The quantitative estimate of drug-likeness (QED) is 0.819. The van der Waals surface area contributed by atoms with E-state index in [4.69, 9.17) is 28.9 Å². The maximum Gasteiger partial charge on any atom is 0.242 e. The molecule has 0 aromatic heterocycles. The van der Waals surface area contributed by atoms with Crippen molar-refractivity contribution in [2.24, 2.45) is 5.73 Å². The van der Waals surface area contributed by atoms with Gasteiger partial charge in [-0.05, 0) is 43.6 Å². The molecule has 3 N–H and O–H groups in total. The summed E-state index contributed by atoms with van der Waals surface area (Å²) >= 11 is 11.9. The van der Waals surface area contributed by atoms with Crippen molar-refractivity contribution in [1.29, 1.82) is 0 Å². The monoisotopic (exact) mass is 351 g/mol. The third-order valence-corrected chi connectivity index (χ3v) is 5.81. The van der Waals surface area contributed by atoms with Crippen molar-refractivity contribution in [2.75, 3.05) is 26.2 Å². The summed E-state index contributed by atoms with van der Waals surface area (Å²) in [4.78, 5) is 2.26. The Morgan fingerprint density at radius 2 is 1.86 bits per heavy atom. The van der Waals surface area contributed by atoms with E-state index in [1.54, 1.807) is 0 Å². The lowest BCUT2D eigenvalue weighted by Crippen LogP contribution is -2.33. The lowest BCUT2D eigenvalue weighted by atomic mass is 10.2. The molecule has 118 valence electrons. The van der Waals surface area contributed by atoms with Crippen LogP contribution in [0.25, 0.3) is 0 Å². The van der Waals surface area contributed by atoms with Crippen LogP contribution in [0.5, 0.6) is 0 Å². The summed E-state index contributed by atoms with van der Waals surface area (Å²) in [6.07, 6.45) is 2.35. The average Bonchev–Trinajstić information content (AvgIpc) is 2.91. The molecule has 0 atom stereocenters. The molecule has 1 aromatic carbocycles. The van der Waals surface area contributed by atoms with Gasteiger partial charge in [-0.2, -0.15) is 0 Å². The normalized spacial score (nSPS) is 16.5. The fourth-order valence-electron chi connectivity index (χ4n) is 2.36. The first-order valence-electron chi connectivity index (χ1n) is 6.84. The molecular weight excluding hydrogens is 333 g/mol. The summed E-state index contributed by atoms with van der Waals surface area (Å²) in [6, 6.07) is 2.85. The third-order valence-electron chi connectivity index (χ3n) is 3.53. The fraction of sp³-hybridized carbons (Fsp3) is 0.538. The first-order valence-corrected chi connectivity index (χ1v) is 9.08. The summed E-state index contributed by atoms with van der Waals surface area (Å²) in [7, 11) is -3.65. The molecule has 0 unspecified atom stereocenters. The molecule has 0 radical (unpaired) electrons. The maximum atomic E-state index is 12.3. The van der Waals surface area contributed by atoms with Crippen molar-refractivity contribution in [3.05, 3.63) is 27.7 Å². The molecule has 2 rings (SSSR count). The van der Waals surface area contributed by atoms with Gasteiger partial charge in [0.05, 0.1) is 5.02 Å². The van der Waals surface area contributed by atoms with E-state index < -0.39 is 10.0 Å². The van der Waals surface area contributed by atoms with Gasteiger partial charge in [0.1, 0.15) is 4.90 Å². The van der Waals surface area contributed by atoms with E-state index in [2.05, 4.69) is 9.62 Å². The number of nitrogens with zero attached hydrogens (tertiary/aromatic N) is 1. The van der Waals surface area contributed by atoms with Crippen LogP contribution in [0.15, 0.2) is 17.0 Å². The molecule has 21 heavy (non-hydrogen) atoms. The van der Waals surface area contributed by atoms with Crippen LogP contribution < -0.4 is 10.5 Å². The largest absolute Gasteiger partial charge is 0.326 e. The number of hydrogen-bond acceptors (Lipinski definition) is 4. The Balaban J connectivity index is 2.07. The van der Waals surface area contributed by atoms with Crippen LogP contribution in [0.2, 0.25) is 10.0 Å². The standard InChI is InChI=1S/C13H19Cl2N3O2S/c14-11-8-12(15)13(7-10(11)9-16)21(19,20)17-3-6-18-4-1-2-5-18/h7-8,17H,1-6,9,16H2. The minimum absolute atomic E-state index is 0.0236. The molecule has 1 aliphatic heterocycles. The molecule has 1 fully saturated rings. The minimum atomic E-state index is -3.65. The highest BCUT2D eigenvalue weighted by atomic mass is 35.5. The van der Waals surface area contributed by atoms with Crippen molar-refractivity contribution >= 4 is 33.2 Å². The first kappa shape index (κ1) is 17.0. The highest BCUT2D eigenvalue weighted by Gasteiger charge is 2.20.